The summed E-state index contributed by atoms with van der Waals surface area (Å²) in [6.07, 6.45) is 0. The Labute approximate surface area is 133 Å². The number of carbonyl (C=O) groups excluding carboxylic acids is 1. The Kier molecular flexibility index (Phi) is 3.86. The summed E-state index contributed by atoms with van der Waals surface area (Å²) in [5, 5.41) is 3.41. The minimum atomic E-state index is -0.115. The van der Waals surface area contributed by atoms with Gasteiger partial charge in [-0.3, -0.25) is 4.79 Å². The molecule has 112 valence electrons. The monoisotopic (exact) mass is 313 g/mol. The second-order valence-corrected chi connectivity index (χ2v) is 5.59. The first-order valence-electron chi connectivity index (χ1n) is 7.04. The number of halogens is 1. The molecule has 1 aromatic heterocycles. The molecule has 0 unspecified atom stereocenters. The average Bonchev–Trinajstić information content (AvgIpc) is 2.82. The Hall–Kier alpha value is -2.33. The number of benzene rings is 2. The van der Waals surface area contributed by atoms with Crippen molar-refractivity contribution in [3.05, 3.63) is 64.9 Å². The van der Waals surface area contributed by atoms with Gasteiger partial charge in [0.2, 0.25) is 5.28 Å². The lowest BCUT2D eigenvalue weighted by atomic mass is 10.1. The average molecular weight is 314 g/mol. The summed E-state index contributed by atoms with van der Waals surface area (Å²) in [5.41, 5.74) is 3.28. The quantitative estimate of drug-likeness (QED) is 0.801. The number of imidazole rings is 1. The Bertz CT molecular complexity index is 827. The second-order valence-electron chi connectivity index (χ2n) is 5.25. The van der Waals surface area contributed by atoms with Crippen molar-refractivity contribution in [3.8, 4) is 0 Å². The van der Waals surface area contributed by atoms with Crippen molar-refractivity contribution in [2.75, 3.05) is 0 Å². The molecule has 1 heterocycles. The lowest BCUT2D eigenvalue weighted by Crippen LogP contribution is -2.26. The van der Waals surface area contributed by atoms with Crippen LogP contribution in [-0.4, -0.2) is 15.5 Å². The highest BCUT2D eigenvalue weighted by Crippen LogP contribution is 2.20. The van der Waals surface area contributed by atoms with Crippen LogP contribution in [0.25, 0.3) is 11.0 Å². The SMILES string of the molecule is C[C@H](NC(=O)c1ccc2nc(Cl)n(C)c2c1)c1ccccc1. The zero-order valence-electron chi connectivity index (χ0n) is 12.4. The lowest BCUT2D eigenvalue weighted by Gasteiger charge is -2.14. The van der Waals surface area contributed by atoms with Gasteiger partial charge < -0.3 is 9.88 Å². The van der Waals surface area contributed by atoms with Crippen molar-refractivity contribution in [1.82, 2.24) is 14.9 Å². The molecule has 1 atom stereocenters. The molecule has 22 heavy (non-hydrogen) atoms. The summed E-state index contributed by atoms with van der Waals surface area (Å²) in [4.78, 5) is 16.6. The first-order valence-corrected chi connectivity index (χ1v) is 7.42. The summed E-state index contributed by atoms with van der Waals surface area (Å²) >= 11 is 6.00. The van der Waals surface area contributed by atoms with E-state index in [2.05, 4.69) is 10.3 Å². The van der Waals surface area contributed by atoms with E-state index in [-0.39, 0.29) is 11.9 Å². The zero-order valence-corrected chi connectivity index (χ0v) is 13.1. The molecule has 0 saturated heterocycles. The van der Waals surface area contributed by atoms with Gasteiger partial charge in [-0.1, -0.05) is 30.3 Å². The van der Waals surface area contributed by atoms with Gasteiger partial charge in [0.15, 0.2) is 0 Å². The maximum Gasteiger partial charge on any atom is 0.251 e. The van der Waals surface area contributed by atoms with Crippen molar-refractivity contribution >= 4 is 28.5 Å². The number of nitrogens with one attached hydrogen (secondary N) is 1. The molecule has 0 fully saturated rings. The molecule has 0 aliphatic rings. The summed E-state index contributed by atoms with van der Waals surface area (Å²) in [6, 6.07) is 15.2. The van der Waals surface area contributed by atoms with Gasteiger partial charge in [0.05, 0.1) is 17.1 Å². The largest absolute Gasteiger partial charge is 0.346 e. The molecular weight excluding hydrogens is 298 g/mol. The Balaban J connectivity index is 1.84. The van der Waals surface area contributed by atoms with E-state index in [1.54, 1.807) is 16.7 Å². The predicted molar refractivity (Wildman–Crippen MR) is 88.0 cm³/mol. The van der Waals surface area contributed by atoms with Gasteiger partial charge in [0.1, 0.15) is 0 Å². The number of carbonyl (C=O) groups is 1. The van der Waals surface area contributed by atoms with Gasteiger partial charge in [0.25, 0.3) is 5.91 Å². The first-order chi connectivity index (χ1) is 10.6. The van der Waals surface area contributed by atoms with E-state index >= 15 is 0 Å². The number of aromatic nitrogens is 2. The van der Waals surface area contributed by atoms with Gasteiger partial charge in [-0.15, -0.1) is 0 Å². The molecule has 3 rings (SSSR count). The van der Waals surface area contributed by atoms with Crippen molar-refractivity contribution in [2.24, 2.45) is 7.05 Å². The Morgan fingerprint density at radius 3 is 2.68 bits per heavy atom. The van der Waals surface area contributed by atoms with Crippen LogP contribution in [0.2, 0.25) is 5.28 Å². The van der Waals surface area contributed by atoms with E-state index in [0.717, 1.165) is 16.6 Å². The van der Waals surface area contributed by atoms with Crippen LogP contribution in [0.3, 0.4) is 0 Å². The van der Waals surface area contributed by atoms with Crippen LogP contribution in [0.1, 0.15) is 28.9 Å². The summed E-state index contributed by atoms with van der Waals surface area (Å²) in [6.45, 7) is 1.96. The van der Waals surface area contributed by atoms with Crippen molar-refractivity contribution in [3.63, 3.8) is 0 Å². The highest BCUT2D eigenvalue weighted by Gasteiger charge is 2.13. The van der Waals surface area contributed by atoms with Crippen LogP contribution in [-0.2, 0) is 7.05 Å². The number of fused-ring (bicyclic) bond motifs is 1. The van der Waals surface area contributed by atoms with Crippen molar-refractivity contribution < 1.29 is 4.79 Å². The van der Waals surface area contributed by atoms with Crippen molar-refractivity contribution in [1.29, 1.82) is 0 Å². The van der Waals surface area contributed by atoms with Gasteiger partial charge >= 0.3 is 0 Å². The third kappa shape index (κ3) is 2.70. The van der Waals surface area contributed by atoms with Crippen LogP contribution in [0.5, 0.6) is 0 Å². The molecule has 0 aliphatic carbocycles. The lowest BCUT2D eigenvalue weighted by molar-refractivity contribution is 0.0940. The predicted octanol–water partition coefficient (Wildman–Crippen LogP) is 3.72. The third-order valence-electron chi connectivity index (χ3n) is 3.74. The normalized spacial score (nSPS) is 12.3. The van der Waals surface area contributed by atoms with E-state index in [4.69, 9.17) is 11.6 Å². The molecule has 0 spiro atoms. The van der Waals surface area contributed by atoms with E-state index in [1.807, 2.05) is 50.4 Å². The number of aryl methyl sites for hydroxylation is 1. The molecule has 0 bridgehead atoms. The fourth-order valence-corrected chi connectivity index (χ4v) is 2.59. The standard InChI is InChI=1S/C17H16ClN3O/c1-11(12-6-4-3-5-7-12)19-16(22)13-8-9-14-15(10-13)21(2)17(18)20-14/h3-11H,1-2H3,(H,19,22)/t11-/m0/s1. The minimum absolute atomic E-state index is 0.0560. The number of amides is 1. The van der Waals surface area contributed by atoms with Gasteiger partial charge in [0, 0.05) is 12.6 Å². The second kappa shape index (κ2) is 5.81. The maximum atomic E-state index is 12.4. The van der Waals surface area contributed by atoms with E-state index in [0.29, 0.717) is 10.8 Å². The summed E-state index contributed by atoms with van der Waals surface area (Å²) in [5.74, 6) is -0.115. The molecule has 4 nitrogen and oxygen atoms in total. The number of nitrogens with zero attached hydrogens (tertiary/aromatic N) is 2. The van der Waals surface area contributed by atoms with Crippen LogP contribution in [0.4, 0.5) is 0 Å². The Morgan fingerprint density at radius 1 is 1.23 bits per heavy atom. The highest BCUT2D eigenvalue weighted by molar-refractivity contribution is 6.29. The van der Waals surface area contributed by atoms with E-state index in [1.165, 1.54) is 0 Å². The van der Waals surface area contributed by atoms with Crippen LogP contribution >= 0.6 is 11.6 Å². The minimum Gasteiger partial charge on any atom is -0.346 e. The molecule has 1 amide bonds. The summed E-state index contributed by atoms with van der Waals surface area (Å²) in [7, 11) is 1.83. The molecule has 3 aromatic rings. The molecule has 0 radical (unpaired) electrons. The van der Waals surface area contributed by atoms with Crippen LogP contribution in [0.15, 0.2) is 48.5 Å². The van der Waals surface area contributed by atoms with Gasteiger partial charge in [-0.2, -0.15) is 0 Å². The third-order valence-corrected chi connectivity index (χ3v) is 4.07. The van der Waals surface area contributed by atoms with Crippen LogP contribution < -0.4 is 5.32 Å². The highest BCUT2D eigenvalue weighted by atomic mass is 35.5. The fraction of sp³-hybridized carbons (Fsp3) is 0.176. The molecule has 5 heteroatoms. The summed E-state index contributed by atoms with van der Waals surface area (Å²) < 4.78 is 1.76. The topological polar surface area (TPSA) is 46.9 Å². The van der Waals surface area contributed by atoms with E-state index in [9.17, 15) is 4.79 Å². The maximum absolute atomic E-state index is 12.4. The zero-order chi connectivity index (χ0) is 15.7. The smallest absolute Gasteiger partial charge is 0.251 e. The molecule has 0 saturated carbocycles. The molecular formula is C17H16ClN3O. The van der Waals surface area contributed by atoms with E-state index < -0.39 is 0 Å². The molecule has 2 aromatic carbocycles. The van der Waals surface area contributed by atoms with Crippen molar-refractivity contribution in [2.45, 2.75) is 13.0 Å². The molecule has 0 aliphatic heterocycles. The van der Waals surface area contributed by atoms with Gasteiger partial charge in [-0.25, -0.2) is 4.98 Å². The Morgan fingerprint density at radius 2 is 1.95 bits per heavy atom. The van der Waals surface area contributed by atoms with Gasteiger partial charge in [-0.05, 0) is 42.3 Å². The number of hydrogen-bond acceptors (Lipinski definition) is 2. The fourth-order valence-electron chi connectivity index (χ4n) is 2.41. The molecule has 1 N–H and O–H groups in total. The van der Waals surface area contributed by atoms with Crippen LogP contribution in [0, 0.1) is 0 Å². The number of rotatable bonds is 3. The first kappa shape index (κ1) is 14.6. The number of hydrogen-bond donors (Lipinski definition) is 1.